The van der Waals surface area contributed by atoms with Gasteiger partial charge in [-0.05, 0) is 18.6 Å². The fraction of sp³-hybridized carbons (Fsp3) is 0.357. The monoisotopic (exact) mass is 260 g/mol. The van der Waals surface area contributed by atoms with Crippen molar-refractivity contribution in [3.8, 4) is 0 Å². The van der Waals surface area contributed by atoms with Gasteiger partial charge in [-0.1, -0.05) is 18.2 Å². The summed E-state index contributed by atoms with van der Waals surface area (Å²) in [4.78, 5) is 13.1. The van der Waals surface area contributed by atoms with Crippen LogP contribution in [-0.4, -0.2) is 34.6 Å². The standard InChI is InChI=1S/C14H16N2O3/c15-14(13(17)18)5-6-16(9-14)8-11-7-10-3-1-2-4-12(10)19-11/h1-4,7H,5-6,8-9,15H2,(H,17,18). The third-order valence-electron chi connectivity index (χ3n) is 3.66. The predicted molar refractivity (Wildman–Crippen MR) is 70.7 cm³/mol. The van der Waals surface area contributed by atoms with E-state index in [-0.39, 0.29) is 0 Å². The minimum Gasteiger partial charge on any atom is -0.480 e. The van der Waals surface area contributed by atoms with Gasteiger partial charge >= 0.3 is 5.97 Å². The highest BCUT2D eigenvalue weighted by atomic mass is 16.4. The summed E-state index contributed by atoms with van der Waals surface area (Å²) in [6.07, 6.45) is 0.475. The fourth-order valence-electron chi connectivity index (χ4n) is 2.56. The van der Waals surface area contributed by atoms with E-state index in [1.54, 1.807) is 0 Å². The predicted octanol–water partition coefficient (Wildman–Crippen LogP) is 1.42. The van der Waals surface area contributed by atoms with E-state index in [1.165, 1.54) is 0 Å². The van der Waals surface area contributed by atoms with Gasteiger partial charge in [-0.3, -0.25) is 9.69 Å². The lowest BCUT2D eigenvalue weighted by atomic mass is 10.0. The van der Waals surface area contributed by atoms with Gasteiger partial charge in [0.25, 0.3) is 0 Å². The summed E-state index contributed by atoms with van der Waals surface area (Å²) >= 11 is 0. The van der Waals surface area contributed by atoms with Crippen LogP contribution in [0.3, 0.4) is 0 Å². The Hall–Kier alpha value is -1.85. The molecular weight excluding hydrogens is 244 g/mol. The number of nitrogens with zero attached hydrogens (tertiary/aromatic N) is 1. The zero-order valence-electron chi connectivity index (χ0n) is 10.5. The molecule has 0 saturated carbocycles. The Balaban J connectivity index is 1.74. The van der Waals surface area contributed by atoms with E-state index in [1.807, 2.05) is 35.2 Å². The number of likely N-dealkylation sites (tertiary alicyclic amines) is 1. The Labute approximate surface area is 110 Å². The molecule has 3 rings (SSSR count). The van der Waals surface area contributed by atoms with Gasteiger partial charge in [-0.15, -0.1) is 0 Å². The molecule has 0 radical (unpaired) electrons. The summed E-state index contributed by atoms with van der Waals surface area (Å²) < 4.78 is 5.73. The van der Waals surface area contributed by atoms with Gasteiger partial charge in [-0.25, -0.2) is 0 Å². The molecule has 1 saturated heterocycles. The molecule has 0 amide bonds. The van der Waals surface area contributed by atoms with E-state index in [9.17, 15) is 4.79 Å². The maximum Gasteiger partial charge on any atom is 0.325 e. The summed E-state index contributed by atoms with van der Waals surface area (Å²) in [5.41, 5.74) is 5.59. The number of carbonyl (C=O) groups is 1. The Morgan fingerprint density at radius 1 is 1.47 bits per heavy atom. The normalized spacial score (nSPS) is 24.1. The van der Waals surface area contributed by atoms with Gasteiger partial charge in [-0.2, -0.15) is 0 Å². The van der Waals surface area contributed by atoms with Crippen LogP contribution < -0.4 is 5.73 Å². The number of carboxylic acids is 1. The van der Waals surface area contributed by atoms with Crippen LogP contribution in [0.2, 0.25) is 0 Å². The second kappa shape index (κ2) is 4.36. The summed E-state index contributed by atoms with van der Waals surface area (Å²) in [6.45, 7) is 1.64. The molecule has 1 aromatic heterocycles. The first-order valence-electron chi connectivity index (χ1n) is 6.29. The van der Waals surface area contributed by atoms with Crippen molar-refractivity contribution in [2.75, 3.05) is 13.1 Å². The SMILES string of the molecule is NC1(C(=O)O)CCN(Cc2cc3ccccc3o2)C1. The van der Waals surface area contributed by atoms with Gasteiger partial charge in [0, 0.05) is 18.5 Å². The first kappa shape index (κ1) is 12.2. The molecule has 1 aromatic carbocycles. The molecular formula is C14H16N2O3. The number of para-hydroxylation sites is 1. The van der Waals surface area contributed by atoms with Crippen molar-refractivity contribution in [3.63, 3.8) is 0 Å². The fourth-order valence-corrected chi connectivity index (χ4v) is 2.56. The number of fused-ring (bicyclic) bond motifs is 1. The Morgan fingerprint density at radius 3 is 2.95 bits per heavy atom. The minimum absolute atomic E-state index is 0.360. The number of carboxylic acid groups (broad SMARTS) is 1. The molecule has 1 fully saturated rings. The van der Waals surface area contributed by atoms with Crippen molar-refractivity contribution in [2.45, 2.75) is 18.5 Å². The first-order chi connectivity index (χ1) is 9.07. The van der Waals surface area contributed by atoms with Crippen LogP contribution in [0, 0.1) is 0 Å². The number of nitrogens with two attached hydrogens (primary N) is 1. The van der Waals surface area contributed by atoms with E-state index in [0.29, 0.717) is 26.1 Å². The summed E-state index contributed by atoms with van der Waals surface area (Å²) in [5.74, 6) is -0.0876. The van der Waals surface area contributed by atoms with Crippen molar-refractivity contribution < 1.29 is 14.3 Å². The quantitative estimate of drug-likeness (QED) is 0.872. The zero-order valence-corrected chi connectivity index (χ0v) is 10.5. The van der Waals surface area contributed by atoms with Crippen LogP contribution >= 0.6 is 0 Å². The Bertz CT molecular complexity index is 589. The minimum atomic E-state index is -1.12. The molecule has 0 bridgehead atoms. The largest absolute Gasteiger partial charge is 0.480 e. The lowest BCUT2D eigenvalue weighted by molar-refractivity contribution is -0.142. The Morgan fingerprint density at radius 2 is 2.26 bits per heavy atom. The number of hydrogen-bond donors (Lipinski definition) is 2. The maximum atomic E-state index is 11.1. The van der Waals surface area contributed by atoms with Crippen LogP contribution in [0.4, 0.5) is 0 Å². The molecule has 1 unspecified atom stereocenters. The number of aliphatic carboxylic acids is 1. The molecule has 2 heterocycles. The van der Waals surface area contributed by atoms with E-state index >= 15 is 0 Å². The van der Waals surface area contributed by atoms with Crippen LogP contribution in [-0.2, 0) is 11.3 Å². The average Bonchev–Trinajstić information content (AvgIpc) is 2.93. The number of hydrogen-bond acceptors (Lipinski definition) is 4. The van der Waals surface area contributed by atoms with Crippen molar-refractivity contribution in [3.05, 3.63) is 36.1 Å². The van der Waals surface area contributed by atoms with Crippen molar-refractivity contribution >= 4 is 16.9 Å². The second-order valence-corrected chi connectivity index (χ2v) is 5.17. The molecule has 0 aliphatic carbocycles. The van der Waals surface area contributed by atoms with E-state index in [2.05, 4.69) is 0 Å². The molecule has 1 aliphatic rings. The third kappa shape index (κ3) is 2.22. The van der Waals surface area contributed by atoms with Gasteiger partial charge < -0.3 is 15.3 Å². The van der Waals surface area contributed by atoms with Gasteiger partial charge in [0.2, 0.25) is 0 Å². The summed E-state index contributed by atoms with van der Waals surface area (Å²) in [5, 5.41) is 10.2. The zero-order chi connectivity index (χ0) is 13.5. The molecule has 19 heavy (non-hydrogen) atoms. The molecule has 1 atom stereocenters. The Kier molecular flexibility index (Phi) is 2.80. The van der Waals surface area contributed by atoms with E-state index in [4.69, 9.17) is 15.3 Å². The van der Waals surface area contributed by atoms with E-state index in [0.717, 1.165) is 16.7 Å². The molecule has 5 nitrogen and oxygen atoms in total. The highest BCUT2D eigenvalue weighted by Gasteiger charge is 2.41. The van der Waals surface area contributed by atoms with Gasteiger partial charge in [0.05, 0.1) is 6.54 Å². The lowest BCUT2D eigenvalue weighted by Gasteiger charge is -2.19. The molecule has 5 heteroatoms. The van der Waals surface area contributed by atoms with Crippen molar-refractivity contribution in [1.29, 1.82) is 0 Å². The third-order valence-corrected chi connectivity index (χ3v) is 3.66. The molecule has 3 N–H and O–H groups in total. The topological polar surface area (TPSA) is 79.7 Å². The highest BCUT2D eigenvalue weighted by Crippen LogP contribution is 2.24. The summed E-state index contributed by atoms with van der Waals surface area (Å²) in [7, 11) is 0. The first-order valence-corrected chi connectivity index (χ1v) is 6.29. The van der Waals surface area contributed by atoms with Gasteiger partial charge in [0.1, 0.15) is 16.9 Å². The van der Waals surface area contributed by atoms with Crippen LogP contribution in [0.15, 0.2) is 34.7 Å². The lowest BCUT2D eigenvalue weighted by Crippen LogP contribution is -2.49. The summed E-state index contributed by atoms with van der Waals surface area (Å²) in [6, 6.07) is 9.81. The number of furan rings is 1. The van der Waals surface area contributed by atoms with Crippen molar-refractivity contribution in [1.82, 2.24) is 4.90 Å². The highest BCUT2D eigenvalue weighted by molar-refractivity contribution is 5.79. The van der Waals surface area contributed by atoms with Gasteiger partial charge in [0.15, 0.2) is 0 Å². The van der Waals surface area contributed by atoms with Crippen molar-refractivity contribution in [2.24, 2.45) is 5.73 Å². The second-order valence-electron chi connectivity index (χ2n) is 5.17. The molecule has 2 aromatic rings. The number of rotatable bonds is 3. The van der Waals surface area contributed by atoms with Crippen LogP contribution in [0.5, 0.6) is 0 Å². The molecule has 0 spiro atoms. The average molecular weight is 260 g/mol. The molecule has 1 aliphatic heterocycles. The molecule has 100 valence electrons. The van der Waals surface area contributed by atoms with Crippen LogP contribution in [0.25, 0.3) is 11.0 Å². The van der Waals surface area contributed by atoms with Crippen LogP contribution in [0.1, 0.15) is 12.2 Å². The number of benzene rings is 1. The van der Waals surface area contributed by atoms with E-state index < -0.39 is 11.5 Å². The maximum absolute atomic E-state index is 11.1. The smallest absolute Gasteiger partial charge is 0.325 e.